The lowest BCUT2D eigenvalue weighted by molar-refractivity contribution is -0.147. The number of fused-ring (bicyclic) bond motifs is 1. The minimum atomic E-state index is -0.572. The van der Waals surface area contributed by atoms with E-state index in [9.17, 15) is 14.4 Å². The Morgan fingerprint density at radius 1 is 1.02 bits per heavy atom. The molecule has 0 saturated heterocycles. The fourth-order valence-corrected chi connectivity index (χ4v) is 5.28. The van der Waals surface area contributed by atoms with Crippen molar-refractivity contribution in [2.75, 3.05) is 18.5 Å². The molecule has 0 aliphatic heterocycles. The van der Waals surface area contributed by atoms with Crippen molar-refractivity contribution in [2.45, 2.75) is 111 Å². The SMILES string of the molecule is CCCCCCCCCCCCOC(=O)C(C)CNC(=O)Nc1cc(-c2nc3c(Cl)c(C(C)(C)C)[nH]n3n2)ccc1OC(C)=O. The van der Waals surface area contributed by atoms with E-state index in [-0.39, 0.29) is 29.4 Å². The van der Waals surface area contributed by atoms with Gasteiger partial charge in [-0.2, -0.15) is 4.63 Å². The molecule has 0 saturated carbocycles. The highest BCUT2D eigenvalue weighted by atomic mass is 35.5. The van der Waals surface area contributed by atoms with Crippen LogP contribution < -0.4 is 15.4 Å². The summed E-state index contributed by atoms with van der Waals surface area (Å²) >= 11 is 6.57. The number of amides is 2. The Morgan fingerprint density at radius 2 is 1.67 bits per heavy atom. The Labute approximate surface area is 271 Å². The third-order valence-electron chi connectivity index (χ3n) is 7.44. The predicted molar refractivity (Wildman–Crippen MR) is 177 cm³/mol. The van der Waals surface area contributed by atoms with Gasteiger partial charge in [-0.1, -0.05) is 104 Å². The number of nitrogens with one attached hydrogen (secondary N) is 3. The molecule has 2 amide bonds. The number of anilines is 1. The van der Waals surface area contributed by atoms with Crippen LogP contribution in [0.25, 0.3) is 17.0 Å². The summed E-state index contributed by atoms with van der Waals surface area (Å²) in [6, 6.07) is 4.27. The smallest absolute Gasteiger partial charge is 0.319 e. The zero-order valence-electron chi connectivity index (χ0n) is 27.6. The molecule has 1 atom stereocenters. The van der Waals surface area contributed by atoms with Crippen molar-refractivity contribution in [3.05, 3.63) is 28.9 Å². The number of rotatable bonds is 17. The van der Waals surface area contributed by atoms with E-state index < -0.39 is 17.9 Å². The Balaban J connectivity index is 1.50. The molecule has 0 aliphatic carbocycles. The molecule has 0 spiro atoms. The molecule has 1 aromatic carbocycles. The van der Waals surface area contributed by atoms with Gasteiger partial charge in [-0.3, -0.25) is 14.7 Å². The average molecular weight is 645 g/mol. The van der Waals surface area contributed by atoms with Crippen LogP contribution in [-0.4, -0.2) is 50.9 Å². The van der Waals surface area contributed by atoms with Gasteiger partial charge >= 0.3 is 18.0 Å². The zero-order chi connectivity index (χ0) is 33.0. The van der Waals surface area contributed by atoms with E-state index in [0.29, 0.717) is 28.7 Å². The van der Waals surface area contributed by atoms with Crippen LogP contribution in [0.15, 0.2) is 18.2 Å². The monoisotopic (exact) mass is 644 g/mol. The highest BCUT2D eigenvalue weighted by molar-refractivity contribution is 6.34. The van der Waals surface area contributed by atoms with Gasteiger partial charge in [0.15, 0.2) is 17.2 Å². The maximum absolute atomic E-state index is 12.8. The zero-order valence-corrected chi connectivity index (χ0v) is 28.3. The van der Waals surface area contributed by atoms with Gasteiger partial charge in [-0.15, -0.1) is 5.10 Å². The number of hydrogen-bond donors (Lipinski definition) is 3. The number of aromatic amines is 1. The van der Waals surface area contributed by atoms with Crippen molar-refractivity contribution in [1.82, 2.24) is 25.1 Å². The van der Waals surface area contributed by atoms with E-state index in [2.05, 4.69) is 32.7 Å². The minimum Gasteiger partial charge on any atom is -0.465 e. The summed E-state index contributed by atoms with van der Waals surface area (Å²) in [5.41, 5.74) is 1.86. The third-order valence-corrected chi connectivity index (χ3v) is 7.80. The van der Waals surface area contributed by atoms with Crippen LogP contribution in [0, 0.1) is 5.92 Å². The molecule has 2 aromatic heterocycles. The molecule has 2 heterocycles. The molecule has 248 valence electrons. The fraction of sp³-hybridized carbons (Fsp3) is 0.606. The predicted octanol–water partition coefficient (Wildman–Crippen LogP) is 7.82. The fourth-order valence-electron chi connectivity index (χ4n) is 4.83. The molecular weight excluding hydrogens is 596 g/mol. The van der Waals surface area contributed by atoms with Crippen molar-refractivity contribution < 1.29 is 23.9 Å². The molecule has 0 fully saturated rings. The molecule has 3 N–H and O–H groups in total. The number of carbonyl (C=O) groups excluding carboxylic acids is 3. The number of hydrogen-bond acceptors (Lipinski definition) is 7. The van der Waals surface area contributed by atoms with Crippen LogP contribution in [0.4, 0.5) is 10.5 Å². The number of urea groups is 1. The maximum atomic E-state index is 12.8. The van der Waals surface area contributed by atoms with Crippen LogP contribution in [0.3, 0.4) is 0 Å². The second kappa shape index (κ2) is 17.2. The van der Waals surface area contributed by atoms with E-state index in [4.69, 9.17) is 21.1 Å². The van der Waals surface area contributed by atoms with E-state index in [1.54, 1.807) is 25.1 Å². The number of nitrogens with zero attached hydrogens (tertiary/aromatic N) is 3. The van der Waals surface area contributed by atoms with E-state index >= 15 is 0 Å². The van der Waals surface area contributed by atoms with Gasteiger partial charge in [0.25, 0.3) is 0 Å². The molecule has 45 heavy (non-hydrogen) atoms. The number of H-pyrrole nitrogens is 1. The summed E-state index contributed by atoms with van der Waals surface area (Å²) in [7, 11) is 0. The van der Waals surface area contributed by atoms with Crippen LogP contribution in [-0.2, 0) is 19.7 Å². The van der Waals surface area contributed by atoms with Crippen LogP contribution in [0.5, 0.6) is 5.75 Å². The van der Waals surface area contributed by atoms with E-state index in [1.165, 1.54) is 56.5 Å². The first-order chi connectivity index (χ1) is 21.4. The molecule has 0 aliphatic rings. The number of carbonyl (C=O) groups is 3. The summed E-state index contributed by atoms with van der Waals surface area (Å²) in [6.45, 7) is 11.8. The summed E-state index contributed by atoms with van der Waals surface area (Å²) in [4.78, 5) is 41.5. The topological polar surface area (TPSA) is 140 Å². The van der Waals surface area contributed by atoms with Crippen LogP contribution >= 0.6 is 11.6 Å². The number of halogens is 1. The first-order valence-corrected chi connectivity index (χ1v) is 16.5. The summed E-state index contributed by atoms with van der Waals surface area (Å²) in [6.07, 6.45) is 12.1. The first-order valence-electron chi connectivity index (χ1n) is 16.1. The third kappa shape index (κ3) is 11.1. The Kier molecular flexibility index (Phi) is 13.7. The van der Waals surface area contributed by atoms with Gasteiger partial charge in [0, 0.05) is 24.4 Å². The number of unbranched alkanes of at least 4 members (excludes halogenated alkanes) is 9. The molecule has 3 aromatic rings. The van der Waals surface area contributed by atoms with Gasteiger partial charge in [-0.25, -0.2) is 9.78 Å². The number of benzene rings is 1. The van der Waals surface area contributed by atoms with Crippen molar-refractivity contribution in [3.63, 3.8) is 0 Å². The van der Waals surface area contributed by atoms with Gasteiger partial charge in [0.05, 0.1) is 23.9 Å². The van der Waals surface area contributed by atoms with Crippen molar-refractivity contribution >= 4 is 40.9 Å². The molecule has 1 unspecified atom stereocenters. The molecule has 0 bridgehead atoms. The minimum absolute atomic E-state index is 0.0766. The largest absolute Gasteiger partial charge is 0.465 e. The van der Waals surface area contributed by atoms with Crippen molar-refractivity contribution in [2.24, 2.45) is 5.92 Å². The lowest BCUT2D eigenvalue weighted by atomic mass is 9.92. The molecule has 12 heteroatoms. The summed E-state index contributed by atoms with van der Waals surface area (Å²) in [5, 5.41) is 13.6. The maximum Gasteiger partial charge on any atom is 0.319 e. The van der Waals surface area contributed by atoms with Crippen LogP contribution in [0.1, 0.15) is 111 Å². The first kappa shape index (κ1) is 35.9. The van der Waals surface area contributed by atoms with Gasteiger partial charge < -0.3 is 20.1 Å². The Bertz CT molecular complexity index is 1430. The Morgan fingerprint density at radius 3 is 2.27 bits per heavy atom. The van der Waals surface area contributed by atoms with Gasteiger partial charge in [-0.05, 0) is 24.6 Å². The lowest BCUT2D eigenvalue weighted by Gasteiger charge is -2.16. The normalized spacial score (nSPS) is 12.2. The Hall–Kier alpha value is -3.60. The highest BCUT2D eigenvalue weighted by Crippen LogP contribution is 2.34. The van der Waals surface area contributed by atoms with Crippen molar-refractivity contribution in [3.8, 4) is 17.1 Å². The number of esters is 2. The number of aromatic nitrogens is 4. The highest BCUT2D eigenvalue weighted by Gasteiger charge is 2.25. The van der Waals surface area contributed by atoms with E-state index in [1.807, 2.05) is 20.8 Å². The summed E-state index contributed by atoms with van der Waals surface area (Å²) in [5.74, 6) is -0.912. The van der Waals surface area contributed by atoms with Gasteiger partial charge in [0.1, 0.15) is 5.02 Å². The molecular formula is C33H49ClN6O5. The summed E-state index contributed by atoms with van der Waals surface area (Å²) < 4.78 is 12.2. The average Bonchev–Trinajstić information content (AvgIpc) is 3.54. The number of ether oxygens (including phenoxy) is 2. The standard InChI is InChI=1S/C33H49ClN6O5/c1-7-8-9-10-11-12-13-14-15-16-19-44-31(42)22(2)21-35-32(43)36-25-20-24(17-18-26(25)45-23(3)41)29-37-30-27(34)28(33(4,5)6)38-40(30)39-29/h17-18,20,22,38H,7-16,19,21H2,1-6H3,(H2,35,36,43). The van der Waals surface area contributed by atoms with E-state index in [0.717, 1.165) is 25.0 Å². The second-order valence-electron chi connectivity index (χ2n) is 12.6. The van der Waals surface area contributed by atoms with Gasteiger partial charge in [0.2, 0.25) is 0 Å². The lowest BCUT2D eigenvalue weighted by Crippen LogP contribution is -2.35. The second-order valence-corrected chi connectivity index (χ2v) is 13.0. The molecule has 3 rings (SSSR count). The van der Waals surface area contributed by atoms with Crippen molar-refractivity contribution in [1.29, 1.82) is 0 Å². The molecule has 11 nitrogen and oxygen atoms in total. The quantitative estimate of drug-likeness (QED) is 0.0773. The van der Waals surface area contributed by atoms with Crippen LogP contribution in [0.2, 0.25) is 5.02 Å². The molecule has 0 radical (unpaired) electrons.